The Hall–Kier alpha value is -3.24. The molecule has 4 aromatic rings. The van der Waals surface area contributed by atoms with Gasteiger partial charge >= 0.3 is 0 Å². The Labute approximate surface area is 168 Å². The van der Waals surface area contributed by atoms with Crippen molar-refractivity contribution < 1.29 is 4.79 Å². The second-order valence-electron chi connectivity index (χ2n) is 6.48. The van der Waals surface area contributed by atoms with Crippen molar-refractivity contribution in [2.75, 3.05) is 0 Å². The molecular weight excluding hydrogens is 370 g/mol. The van der Waals surface area contributed by atoms with Gasteiger partial charge in [-0.05, 0) is 17.7 Å². The summed E-state index contributed by atoms with van der Waals surface area (Å²) in [5.41, 5.74) is 3.37. The van der Waals surface area contributed by atoms with Crippen LogP contribution in [0.3, 0.4) is 0 Å². The van der Waals surface area contributed by atoms with Crippen molar-refractivity contribution in [3.05, 3.63) is 107 Å². The Balaban J connectivity index is 1.68. The predicted octanol–water partition coefficient (Wildman–Crippen LogP) is 5.46. The highest BCUT2D eigenvalue weighted by Gasteiger charge is 2.21. The fourth-order valence-electron chi connectivity index (χ4n) is 3.10. The molecule has 28 heavy (non-hydrogen) atoms. The largest absolute Gasteiger partial charge is 0.294 e. The van der Waals surface area contributed by atoms with Crippen LogP contribution in [0, 0.1) is 0 Å². The van der Waals surface area contributed by atoms with Gasteiger partial charge in [-0.2, -0.15) is 15.0 Å². The van der Waals surface area contributed by atoms with Crippen molar-refractivity contribution in [3.8, 4) is 11.3 Å². The third-order valence-electron chi connectivity index (χ3n) is 4.59. The van der Waals surface area contributed by atoms with Gasteiger partial charge in [0.1, 0.15) is 11.7 Å². The van der Waals surface area contributed by atoms with Crippen LogP contribution in [-0.2, 0) is 0 Å². The number of aromatic nitrogens is 3. The van der Waals surface area contributed by atoms with Gasteiger partial charge < -0.3 is 0 Å². The lowest BCUT2D eigenvalue weighted by molar-refractivity contribution is 0.0964. The lowest BCUT2D eigenvalue weighted by atomic mass is 9.98. The molecule has 4 nitrogen and oxygen atoms in total. The lowest BCUT2D eigenvalue weighted by Crippen LogP contribution is -2.18. The molecule has 1 unspecified atom stereocenters. The fraction of sp³-hybridized carbons (Fsp3) is 0.0870. The average molecular weight is 388 g/mol. The first kappa shape index (κ1) is 18.1. The fourth-order valence-corrected chi connectivity index (χ4v) is 3.23. The molecule has 1 aromatic heterocycles. The van der Waals surface area contributed by atoms with E-state index >= 15 is 0 Å². The summed E-state index contributed by atoms with van der Waals surface area (Å²) in [4.78, 5) is 14.5. The molecule has 4 rings (SSSR count). The van der Waals surface area contributed by atoms with Crippen molar-refractivity contribution in [1.29, 1.82) is 0 Å². The number of halogens is 1. The highest BCUT2D eigenvalue weighted by Crippen LogP contribution is 2.26. The number of carbonyl (C=O) groups excluding carboxylic acids is 1. The van der Waals surface area contributed by atoms with Crippen molar-refractivity contribution in [3.63, 3.8) is 0 Å². The summed E-state index contributed by atoms with van der Waals surface area (Å²) in [5.74, 6) is 0.0408. The van der Waals surface area contributed by atoms with Gasteiger partial charge in [-0.25, -0.2) is 0 Å². The zero-order valence-electron chi connectivity index (χ0n) is 15.1. The van der Waals surface area contributed by atoms with Crippen molar-refractivity contribution in [2.45, 2.75) is 12.5 Å². The Bertz CT molecular complexity index is 1060. The summed E-state index contributed by atoms with van der Waals surface area (Å²) < 4.78 is 0. The minimum atomic E-state index is -0.317. The molecule has 5 heteroatoms. The second-order valence-corrected chi connectivity index (χ2v) is 6.91. The maximum Gasteiger partial charge on any atom is 0.165 e. The molecule has 0 saturated heterocycles. The zero-order valence-corrected chi connectivity index (χ0v) is 15.8. The minimum absolute atomic E-state index is 0.0408. The third kappa shape index (κ3) is 4.02. The highest BCUT2D eigenvalue weighted by atomic mass is 35.5. The molecule has 0 aliphatic rings. The minimum Gasteiger partial charge on any atom is -0.294 e. The SMILES string of the molecule is O=C(CC(c1ccc(Cl)cc1)n1ncc(-c2ccccc2)n1)c1ccccc1. The Morgan fingerprint density at radius 1 is 0.893 bits per heavy atom. The van der Waals surface area contributed by atoms with E-state index in [0.717, 1.165) is 16.8 Å². The summed E-state index contributed by atoms with van der Waals surface area (Å²) in [6.45, 7) is 0. The van der Waals surface area contributed by atoms with Crippen LogP contribution in [-0.4, -0.2) is 20.8 Å². The first-order chi connectivity index (χ1) is 13.7. The van der Waals surface area contributed by atoms with Crippen LogP contribution >= 0.6 is 11.6 Å². The normalized spacial score (nSPS) is 11.9. The van der Waals surface area contributed by atoms with Gasteiger partial charge in [0, 0.05) is 22.6 Å². The van der Waals surface area contributed by atoms with Crippen molar-refractivity contribution in [1.82, 2.24) is 15.0 Å². The molecule has 138 valence electrons. The summed E-state index contributed by atoms with van der Waals surface area (Å²) in [6, 6.07) is 26.3. The lowest BCUT2D eigenvalue weighted by Gasteiger charge is -2.16. The Morgan fingerprint density at radius 3 is 2.21 bits per heavy atom. The molecule has 3 aromatic carbocycles. The summed E-state index contributed by atoms with van der Waals surface area (Å²) in [6.07, 6.45) is 1.99. The molecule has 0 radical (unpaired) electrons. The Morgan fingerprint density at radius 2 is 1.54 bits per heavy atom. The monoisotopic (exact) mass is 387 g/mol. The van der Waals surface area contributed by atoms with E-state index in [0.29, 0.717) is 10.6 Å². The number of hydrogen-bond donors (Lipinski definition) is 0. The molecule has 0 fully saturated rings. The van der Waals surface area contributed by atoms with Gasteiger partial charge in [0.2, 0.25) is 0 Å². The summed E-state index contributed by atoms with van der Waals surface area (Å²) in [5, 5.41) is 9.75. The van der Waals surface area contributed by atoms with E-state index in [1.54, 1.807) is 11.0 Å². The van der Waals surface area contributed by atoms with Crippen molar-refractivity contribution >= 4 is 17.4 Å². The van der Waals surface area contributed by atoms with E-state index in [1.807, 2.05) is 84.9 Å². The maximum atomic E-state index is 12.9. The first-order valence-corrected chi connectivity index (χ1v) is 9.39. The molecule has 0 N–H and O–H groups in total. The van der Waals surface area contributed by atoms with Crippen LogP contribution in [0.15, 0.2) is 91.1 Å². The van der Waals surface area contributed by atoms with E-state index in [4.69, 9.17) is 11.6 Å². The number of Topliss-reactive ketones (excluding diaryl/α,β-unsaturated/α-hetero) is 1. The summed E-state index contributed by atoms with van der Waals surface area (Å²) in [7, 11) is 0. The van der Waals surface area contributed by atoms with Gasteiger partial charge in [-0.3, -0.25) is 4.79 Å². The van der Waals surface area contributed by atoms with E-state index in [-0.39, 0.29) is 18.2 Å². The molecule has 0 spiro atoms. The van der Waals surface area contributed by atoms with Crippen LogP contribution in [0.1, 0.15) is 28.4 Å². The molecule has 0 saturated carbocycles. The smallest absolute Gasteiger partial charge is 0.165 e. The molecule has 1 atom stereocenters. The zero-order chi connectivity index (χ0) is 19.3. The molecule has 0 amide bonds. The highest BCUT2D eigenvalue weighted by molar-refractivity contribution is 6.30. The van der Waals surface area contributed by atoms with Crippen molar-refractivity contribution in [2.24, 2.45) is 0 Å². The average Bonchev–Trinajstić information content (AvgIpc) is 3.24. The van der Waals surface area contributed by atoms with E-state index in [9.17, 15) is 4.79 Å². The second kappa shape index (κ2) is 8.19. The molecule has 0 bridgehead atoms. The van der Waals surface area contributed by atoms with Crippen LogP contribution in [0.25, 0.3) is 11.3 Å². The topological polar surface area (TPSA) is 47.8 Å². The van der Waals surface area contributed by atoms with Gasteiger partial charge in [-0.1, -0.05) is 84.4 Å². The third-order valence-corrected chi connectivity index (χ3v) is 4.84. The molecular formula is C23H18ClN3O. The molecule has 0 aliphatic carbocycles. The van der Waals surface area contributed by atoms with E-state index < -0.39 is 0 Å². The quantitative estimate of drug-likeness (QED) is 0.413. The summed E-state index contributed by atoms with van der Waals surface area (Å²) >= 11 is 6.04. The number of ketones is 1. The number of nitrogens with zero attached hydrogens (tertiary/aromatic N) is 3. The van der Waals surface area contributed by atoms with Gasteiger partial charge in [0.05, 0.1) is 6.20 Å². The Kier molecular flexibility index (Phi) is 5.31. The number of hydrogen-bond acceptors (Lipinski definition) is 3. The van der Waals surface area contributed by atoms with Crippen LogP contribution in [0.4, 0.5) is 0 Å². The molecule has 0 aliphatic heterocycles. The van der Waals surface area contributed by atoms with Crippen LogP contribution in [0.2, 0.25) is 5.02 Å². The predicted molar refractivity (Wildman–Crippen MR) is 110 cm³/mol. The van der Waals surface area contributed by atoms with Gasteiger partial charge in [0.25, 0.3) is 0 Å². The number of benzene rings is 3. The van der Waals surface area contributed by atoms with Gasteiger partial charge in [0.15, 0.2) is 5.78 Å². The van der Waals surface area contributed by atoms with Crippen LogP contribution < -0.4 is 0 Å². The van der Waals surface area contributed by atoms with E-state index in [2.05, 4.69) is 10.2 Å². The van der Waals surface area contributed by atoms with Gasteiger partial charge in [-0.15, -0.1) is 0 Å². The van der Waals surface area contributed by atoms with Crippen LogP contribution in [0.5, 0.6) is 0 Å². The number of rotatable bonds is 6. The maximum absolute atomic E-state index is 12.9. The van der Waals surface area contributed by atoms with E-state index in [1.165, 1.54) is 0 Å². The first-order valence-electron chi connectivity index (χ1n) is 9.01. The molecule has 1 heterocycles. The standard InChI is InChI=1S/C23H18ClN3O/c24-20-13-11-18(12-14-20)22(15-23(28)19-9-5-2-6-10-19)27-25-16-21(26-27)17-7-3-1-4-8-17/h1-14,16,22H,15H2. The number of carbonyl (C=O) groups is 1.